The third-order valence-electron chi connectivity index (χ3n) is 3.38. The first-order chi connectivity index (χ1) is 11.1. The van der Waals surface area contributed by atoms with Gasteiger partial charge in [-0.1, -0.05) is 19.1 Å². The summed E-state index contributed by atoms with van der Waals surface area (Å²) in [7, 11) is 0. The second-order valence-corrected chi connectivity index (χ2v) is 5.20. The van der Waals surface area contributed by atoms with Crippen molar-refractivity contribution in [2.75, 3.05) is 0 Å². The molecule has 0 amide bonds. The van der Waals surface area contributed by atoms with Gasteiger partial charge in [-0.05, 0) is 47.9 Å². The summed E-state index contributed by atoms with van der Waals surface area (Å²) in [5.41, 5.74) is -1.85. The highest BCUT2D eigenvalue weighted by Crippen LogP contribution is 2.36. The van der Waals surface area contributed by atoms with Crippen molar-refractivity contribution >= 4 is 0 Å². The van der Waals surface area contributed by atoms with Crippen LogP contribution in [0.15, 0.2) is 42.5 Å². The zero-order chi connectivity index (χ0) is 18.0. The van der Waals surface area contributed by atoms with Crippen LogP contribution in [0.25, 0.3) is 0 Å². The first-order valence-electron chi connectivity index (χ1n) is 7.09. The number of hydrogen-bond donors (Lipinski definition) is 0. The Morgan fingerprint density at radius 1 is 0.750 bits per heavy atom. The maximum absolute atomic E-state index is 12.8. The van der Waals surface area contributed by atoms with Crippen molar-refractivity contribution in [3.63, 3.8) is 0 Å². The third kappa shape index (κ3) is 4.66. The van der Waals surface area contributed by atoms with E-state index in [1.165, 1.54) is 0 Å². The van der Waals surface area contributed by atoms with Crippen LogP contribution in [0, 0.1) is 0 Å². The molecular formula is C17H14F6O. The fraction of sp³-hybridized carbons (Fsp3) is 0.294. The molecule has 0 saturated carbocycles. The molecule has 0 unspecified atom stereocenters. The van der Waals surface area contributed by atoms with Gasteiger partial charge in [0, 0.05) is 0 Å². The Labute approximate surface area is 134 Å². The van der Waals surface area contributed by atoms with E-state index in [1.54, 1.807) is 24.3 Å². The first kappa shape index (κ1) is 18.2. The molecule has 0 spiro atoms. The molecule has 130 valence electrons. The zero-order valence-corrected chi connectivity index (χ0v) is 12.6. The van der Waals surface area contributed by atoms with Gasteiger partial charge in [0.2, 0.25) is 0 Å². The largest absolute Gasteiger partial charge is 0.489 e. The number of alkyl halides is 6. The van der Waals surface area contributed by atoms with Crippen LogP contribution in [0.5, 0.6) is 5.75 Å². The van der Waals surface area contributed by atoms with E-state index in [4.69, 9.17) is 4.74 Å². The monoisotopic (exact) mass is 348 g/mol. The molecule has 0 aliphatic rings. The molecule has 2 rings (SSSR count). The minimum absolute atomic E-state index is 0.0968. The van der Waals surface area contributed by atoms with Crippen LogP contribution >= 0.6 is 0 Å². The van der Waals surface area contributed by atoms with Crippen LogP contribution in [0.2, 0.25) is 0 Å². The van der Waals surface area contributed by atoms with Crippen molar-refractivity contribution in [1.82, 2.24) is 0 Å². The van der Waals surface area contributed by atoms with Gasteiger partial charge in [0.05, 0.1) is 11.1 Å². The van der Waals surface area contributed by atoms with Gasteiger partial charge in [-0.25, -0.2) is 0 Å². The summed E-state index contributed by atoms with van der Waals surface area (Å²) in [6, 6.07) is 8.23. The van der Waals surface area contributed by atoms with Crippen LogP contribution in [0.3, 0.4) is 0 Å². The van der Waals surface area contributed by atoms with E-state index in [1.807, 2.05) is 6.92 Å². The normalized spacial score (nSPS) is 12.3. The van der Waals surface area contributed by atoms with Gasteiger partial charge in [0.25, 0.3) is 0 Å². The summed E-state index contributed by atoms with van der Waals surface area (Å²) in [6.45, 7) is 1.57. The van der Waals surface area contributed by atoms with Crippen LogP contribution in [-0.4, -0.2) is 0 Å². The molecule has 0 saturated heterocycles. The van der Waals surface area contributed by atoms with Gasteiger partial charge >= 0.3 is 12.4 Å². The molecule has 0 fully saturated rings. The van der Waals surface area contributed by atoms with E-state index in [2.05, 4.69) is 0 Å². The molecule has 7 heteroatoms. The van der Waals surface area contributed by atoms with Crippen molar-refractivity contribution in [3.8, 4) is 5.75 Å². The lowest BCUT2D eigenvalue weighted by Crippen LogP contribution is -2.12. The van der Waals surface area contributed by atoms with E-state index in [0.717, 1.165) is 12.0 Å². The van der Waals surface area contributed by atoms with Gasteiger partial charge in [-0.15, -0.1) is 0 Å². The van der Waals surface area contributed by atoms with Crippen molar-refractivity contribution in [1.29, 1.82) is 0 Å². The Kier molecular flexibility index (Phi) is 5.11. The van der Waals surface area contributed by atoms with Gasteiger partial charge < -0.3 is 4.74 Å². The summed E-state index contributed by atoms with van der Waals surface area (Å²) in [5.74, 6) is 0.373. The Morgan fingerprint density at radius 2 is 1.25 bits per heavy atom. The predicted octanol–water partition coefficient (Wildman–Crippen LogP) is 5.87. The number of benzene rings is 2. The average molecular weight is 348 g/mol. The lowest BCUT2D eigenvalue weighted by molar-refractivity contribution is -0.143. The van der Waals surface area contributed by atoms with Gasteiger partial charge in [0.1, 0.15) is 12.4 Å². The highest BCUT2D eigenvalue weighted by atomic mass is 19.4. The number of halogens is 6. The molecule has 24 heavy (non-hydrogen) atoms. The SMILES string of the molecule is CCc1ccc(OCc2cc(C(F)(F)F)cc(C(F)(F)F)c2)cc1. The number of hydrogen-bond acceptors (Lipinski definition) is 1. The minimum Gasteiger partial charge on any atom is -0.489 e. The van der Waals surface area contributed by atoms with Gasteiger partial charge in [0.15, 0.2) is 0 Å². The summed E-state index contributed by atoms with van der Waals surface area (Å²) in [5, 5.41) is 0. The van der Waals surface area contributed by atoms with E-state index in [-0.39, 0.29) is 11.6 Å². The van der Waals surface area contributed by atoms with E-state index in [0.29, 0.717) is 17.9 Å². The Hall–Kier alpha value is -2.18. The van der Waals surface area contributed by atoms with Crippen LogP contribution in [0.4, 0.5) is 26.3 Å². The number of aryl methyl sites for hydroxylation is 1. The quantitative estimate of drug-likeness (QED) is 0.628. The Morgan fingerprint density at radius 3 is 1.67 bits per heavy atom. The predicted molar refractivity (Wildman–Crippen MR) is 76.6 cm³/mol. The minimum atomic E-state index is -4.86. The molecule has 2 aromatic carbocycles. The molecule has 0 aromatic heterocycles. The molecule has 1 nitrogen and oxygen atoms in total. The van der Waals surface area contributed by atoms with E-state index < -0.39 is 30.1 Å². The smallest absolute Gasteiger partial charge is 0.416 e. The summed E-state index contributed by atoms with van der Waals surface area (Å²) in [4.78, 5) is 0. The lowest BCUT2D eigenvalue weighted by Gasteiger charge is -2.14. The van der Waals surface area contributed by atoms with Crippen molar-refractivity contribution in [2.45, 2.75) is 32.3 Å². The van der Waals surface area contributed by atoms with Gasteiger partial charge in [-0.3, -0.25) is 0 Å². The summed E-state index contributed by atoms with van der Waals surface area (Å²) < 4.78 is 81.9. The van der Waals surface area contributed by atoms with Crippen molar-refractivity contribution < 1.29 is 31.1 Å². The fourth-order valence-electron chi connectivity index (χ4n) is 2.09. The Bertz CT molecular complexity index is 653. The van der Waals surface area contributed by atoms with Crippen molar-refractivity contribution in [2.24, 2.45) is 0 Å². The number of ether oxygens (including phenoxy) is 1. The molecule has 0 heterocycles. The molecule has 0 aliphatic heterocycles. The standard InChI is InChI=1S/C17H14F6O/c1-2-11-3-5-15(6-4-11)24-10-12-7-13(16(18,19)20)9-14(8-12)17(21,22)23/h3-9H,2,10H2,1H3. The molecule has 0 aliphatic carbocycles. The second-order valence-electron chi connectivity index (χ2n) is 5.20. The van der Waals surface area contributed by atoms with E-state index >= 15 is 0 Å². The second kappa shape index (κ2) is 6.75. The lowest BCUT2D eigenvalue weighted by atomic mass is 10.1. The third-order valence-corrected chi connectivity index (χ3v) is 3.38. The molecule has 0 N–H and O–H groups in total. The average Bonchev–Trinajstić information content (AvgIpc) is 2.51. The van der Waals surface area contributed by atoms with Crippen LogP contribution < -0.4 is 4.74 Å². The first-order valence-corrected chi connectivity index (χ1v) is 7.09. The maximum Gasteiger partial charge on any atom is 0.416 e. The highest BCUT2D eigenvalue weighted by molar-refractivity contribution is 5.34. The summed E-state index contributed by atoms with van der Waals surface area (Å²) in [6.07, 6.45) is -8.92. The van der Waals surface area contributed by atoms with Gasteiger partial charge in [-0.2, -0.15) is 26.3 Å². The highest BCUT2D eigenvalue weighted by Gasteiger charge is 2.36. The Balaban J connectivity index is 2.24. The topological polar surface area (TPSA) is 9.23 Å². The maximum atomic E-state index is 12.8. The summed E-state index contributed by atoms with van der Waals surface area (Å²) >= 11 is 0. The fourth-order valence-corrected chi connectivity index (χ4v) is 2.09. The zero-order valence-electron chi connectivity index (χ0n) is 12.6. The van der Waals surface area contributed by atoms with Crippen LogP contribution in [0.1, 0.15) is 29.2 Å². The molecule has 0 radical (unpaired) electrons. The molecular weight excluding hydrogens is 334 g/mol. The van der Waals surface area contributed by atoms with E-state index in [9.17, 15) is 26.3 Å². The van der Waals surface area contributed by atoms with Crippen molar-refractivity contribution in [3.05, 3.63) is 64.7 Å². The number of rotatable bonds is 4. The van der Waals surface area contributed by atoms with Crippen LogP contribution in [-0.2, 0) is 25.4 Å². The molecule has 0 bridgehead atoms. The molecule has 2 aromatic rings. The molecule has 0 atom stereocenters.